The summed E-state index contributed by atoms with van der Waals surface area (Å²) in [6.45, 7) is 1.18. The third-order valence-electron chi connectivity index (χ3n) is 1.79. The molecule has 0 saturated carbocycles. The van der Waals surface area contributed by atoms with Crippen LogP contribution in [0.4, 0.5) is 8.78 Å². The molecule has 14 heavy (non-hydrogen) atoms. The Morgan fingerprint density at radius 3 is 2.29 bits per heavy atom. The highest BCUT2D eigenvalue weighted by Crippen LogP contribution is 2.27. The first-order chi connectivity index (χ1) is 6.57. The van der Waals surface area contributed by atoms with E-state index in [1.807, 2.05) is 0 Å². The van der Waals surface area contributed by atoms with Gasteiger partial charge in [0.05, 0.1) is 17.2 Å². The molecule has 1 N–H and O–H groups in total. The fourth-order valence-corrected chi connectivity index (χ4v) is 1.23. The van der Waals surface area contributed by atoms with Gasteiger partial charge in [0.15, 0.2) is 0 Å². The third-order valence-corrected chi connectivity index (χ3v) is 2.31. The van der Waals surface area contributed by atoms with Gasteiger partial charge in [0.2, 0.25) is 0 Å². The van der Waals surface area contributed by atoms with E-state index in [0.717, 1.165) is 12.1 Å². The lowest BCUT2D eigenvalue weighted by atomic mass is 10.1. The van der Waals surface area contributed by atoms with E-state index in [0.29, 0.717) is 5.57 Å². The van der Waals surface area contributed by atoms with E-state index < -0.39 is 11.6 Å². The van der Waals surface area contributed by atoms with E-state index >= 15 is 0 Å². The molecule has 0 fully saturated rings. The van der Waals surface area contributed by atoms with Gasteiger partial charge in [0.25, 0.3) is 0 Å². The molecule has 4 heteroatoms. The Kier molecular flexibility index (Phi) is 3.61. The molecule has 0 heterocycles. The topological polar surface area (TPSA) is 20.2 Å². The van der Waals surface area contributed by atoms with Crippen LogP contribution in [0.25, 0.3) is 5.03 Å². The van der Waals surface area contributed by atoms with Gasteiger partial charge >= 0.3 is 0 Å². The summed E-state index contributed by atoms with van der Waals surface area (Å²) in [7, 11) is 0. The number of aliphatic hydroxyl groups is 1. The maximum atomic E-state index is 13.2. The van der Waals surface area contributed by atoms with Crippen LogP contribution in [0.15, 0.2) is 23.8 Å². The van der Waals surface area contributed by atoms with Gasteiger partial charge in [0, 0.05) is 0 Å². The average Bonchev–Trinajstić information content (AvgIpc) is 2.16. The van der Waals surface area contributed by atoms with Gasteiger partial charge in [-0.2, -0.15) is 0 Å². The lowest BCUT2D eigenvalue weighted by molar-refractivity contribution is 0.332. The molecule has 1 aromatic rings. The van der Waals surface area contributed by atoms with Gasteiger partial charge in [-0.3, -0.25) is 0 Å². The van der Waals surface area contributed by atoms with Crippen LogP contribution in [0.2, 0.25) is 0 Å². The number of hydrogen-bond donors (Lipinski definition) is 1. The molecule has 1 nitrogen and oxygen atoms in total. The summed E-state index contributed by atoms with van der Waals surface area (Å²) in [5, 5.41) is 8.68. The molecule has 0 atom stereocenters. The summed E-state index contributed by atoms with van der Waals surface area (Å²) < 4.78 is 26.3. The van der Waals surface area contributed by atoms with Crippen LogP contribution in [-0.4, -0.2) is 11.7 Å². The molecular weight excluding hydrogens is 210 g/mol. The lowest BCUT2D eigenvalue weighted by Gasteiger charge is -2.05. The zero-order chi connectivity index (χ0) is 10.7. The predicted octanol–water partition coefficient (Wildman–Crippen LogP) is 2.93. The molecule has 0 unspecified atom stereocenters. The fourth-order valence-electron chi connectivity index (χ4n) is 0.990. The van der Waals surface area contributed by atoms with Crippen molar-refractivity contribution in [3.63, 3.8) is 0 Å². The highest BCUT2D eigenvalue weighted by molar-refractivity contribution is 6.49. The third kappa shape index (κ3) is 2.11. The normalized spacial score (nSPS) is 12.6. The minimum absolute atomic E-state index is 0.0805. The Morgan fingerprint density at radius 2 is 1.86 bits per heavy atom. The average molecular weight is 219 g/mol. The highest BCUT2D eigenvalue weighted by atomic mass is 35.5. The molecule has 1 rings (SSSR count). The standard InChI is InChI=1S/C10H9ClF2O/c1-6(5-14)10(11)9-7(12)3-2-4-8(9)13/h2-4,14H,5H2,1H3/b10-6+. The first-order valence-electron chi connectivity index (χ1n) is 3.98. The first-order valence-corrected chi connectivity index (χ1v) is 4.36. The van der Waals surface area contributed by atoms with Gasteiger partial charge in [0.1, 0.15) is 11.6 Å². The van der Waals surface area contributed by atoms with Crippen molar-refractivity contribution in [1.29, 1.82) is 0 Å². The number of aliphatic hydroxyl groups excluding tert-OH is 1. The summed E-state index contributed by atoms with van der Waals surface area (Å²) in [6, 6.07) is 3.49. The van der Waals surface area contributed by atoms with E-state index in [1.165, 1.54) is 13.0 Å². The minimum Gasteiger partial charge on any atom is -0.392 e. The lowest BCUT2D eigenvalue weighted by Crippen LogP contribution is -1.95. The van der Waals surface area contributed by atoms with Crippen molar-refractivity contribution in [2.45, 2.75) is 6.92 Å². The van der Waals surface area contributed by atoms with Crippen molar-refractivity contribution >= 4 is 16.6 Å². The summed E-state index contributed by atoms with van der Waals surface area (Å²) in [4.78, 5) is 0. The SMILES string of the molecule is C/C(CO)=C(\Cl)c1c(F)cccc1F. The Labute approximate surface area is 85.6 Å². The van der Waals surface area contributed by atoms with Crippen LogP contribution in [-0.2, 0) is 0 Å². The van der Waals surface area contributed by atoms with Crippen LogP contribution < -0.4 is 0 Å². The van der Waals surface area contributed by atoms with E-state index in [9.17, 15) is 8.78 Å². The maximum Gasteiger partial charge on any atom is 0.134 e. The largest absolute Gasteiger partial charge is 0.392 e. The van der Waals surface area contributed by atoms with Gasteiger partial charge in [-0.15, -0.1) is 0 Å². The summed E-state index contributed by atoms with van der Waals surface area (Å²) in [6.07, 6.45) is 0. The quantitative estimate of drug-likeness (QED) is 0.809. The summed E-state index contributed by atoms with van der Waals surface area (Å²) in [5.74, 6) is -1.47. The smallest absolute Gasteiger partial charge is 0.134 e. The number of halogens is 3. The van der Waals surface area contributed by atoms with Crippen LogP contribution in [0.3, 0.4) is 0 Å². The van der Waals surface area contributed by atoms with Crippen LogP contribution in [0.5, 0.6) is 0 Å². The summed E-state index contributed by atoms with van der Waals surface area (Å²) in [5.41, 5.74) is 0.0383. The van der Waals surface area contributed by atoms with Crippen molar-refractivity contribution in [1.82, 2.24) is 0 Å². The molecule has 0 aliphatic carbocycles. The minimum atomic E-state index is -0.734. The van der Waals surface area contributed by atoms with Crippen molar-refractivity contribution in [2.24, 2.45) is 0 Å². The highest BCUT2D eigenvalue weighted by Gasteiger charge is 2.13. The zero-order valence-corrected chi connectivity index (χ0v) is 8.28. The second-order valence-corrected chi connectivity index (χ2v) is 3.23. The molecule has 1 aromatic carbocycles. The number of rotatable bonds is 2. The maximum absolute atomic E-state index is 13.2. The molecular formula is C10H9ClF2O. The van der Waals surface area contributed by atoms with Crippen LogP contribution >= 0.6 is 11.6 Å². The van der Waals surface area contributed by atoms with Crippen molar-refractivity contribution in [2.75, 3.05) is 6.61 Å². The van der Waals surface area contributed by atoms with E-state index in [-0.39, 0.29) is 17.2 Å². The van der Waals surface area contributed by atoms with Crippen molar-refractivity contribution in [3.05, 3.63) is 41.0 Å². The molecule has 0 radical (unpaired) electrons. The van der Waals surface area contributed by atoms with Crippen molar-refractivity contribution < 1.29 is 13.9 Å². The molecule has 0 saturated heterocycles. The molecule has 0 bridgehead atoms. The van der Waals surface area contributed by atoms with Gasteiger partial charge in [-0.05, 0) is 24.6 Å². The van der Waals surface area contributed by atoms with E-state index in [4.69, 9.17) is 16.7 Å². The van der Waals surface area contributed by atoms with Gasteiger partial charge in [-0.1, -0.05) is 17.7 Å². The second-order valence-electron chi connectivity index (χ2n) is 2.85. The molecule has 76 valence electrons. The fraction of sp³-hybridized carbons (Fsp3) is 0.200. The van der Waals surface area contributed by atoms with Crippen LogP contribution in [0, 0.1) is 11.6 Å². The molecule has 0 spiro atoms. The number of benzene rings is 1. The molecule has 0 aromatic heterocycles. The molecule has 0 aliphatic heterocycles. The van der Waals surface area contributed by atoms with Gasteiger partial charge in [-0.25, -0.2) is 8.78 Å². The second kappa shape index (κ2) is 4.53. The van der Waals surface area contributed by atoms with Crippen molar-refractivity contribution in [3.8, 4) is 0 Å². The Hall–Kier alpha value is -0.930. The Bertz CT molecular complexity index is 354. The first kappa shape index (κ1) is 11.1. The Morgan fingerprint density at radius 1 is 1.36 bits per heavy atom. The monoisotopic (exact) mass is 218 g/mol. The van der Waals surface area contributed by atoms with E-state index in [2.05, 4.69) is 0 Å². The zero-order valence-electron chi connectivity index (χ0n) is 7.52. The Balaban J connectivity index is 3.32. The summed E-state index contributed by atoms with van der Waals surface area (Å²) >= 11 is 5.71. The van der Waals surface area contributed by atoms with E-state index in [1.54, 1.807) is 0 Å². The molecule has 0 aliphatic rings. The number of hydrogen-bond acceptors (Lipinski definition) is 1. The van der Waals surface area contributed by atoms with Crippen LogP contribution in [0.1, 0.15) is 12.5 Å². The predicted molar refractivity (Wildman–Crippen MR) is 51.9 cm³/mol. The molecule has 0 amide bonds. The van der Waals surface area contributed by atoms with Gasteiger partial charge < -0.3 is 5.11 Å².